The molecule has 0 fully saturated rings. The Morgan fingerprint density at radius 3 is 2.38 bits per heavy atom. The van der Waals surface area contributed by atoms with Gasteiger partial charge in [0.25, 0.3) is 0 Å². The predicted octanol–water partition coefficient (Wildman–Crippen LogP) is 4.09. The molecule has 0 saturated heterocycles. The van der Waals surface area contributed by atoms with Crippen molar-refractivity contribution < 1.29 is 9.59 Å². The second-order valence-electron chi connectivity index (χ2n) is 6.77. The topological polar surface area (TPSA) is 76.4 Å². The maximum atomic E-state index is 12.4. The third kappa shape index (κ3) is 5.58. The Bertz CT molecular complexity index is 913. The molecule has 0 aliphatic carbocycles. The van der Waals surface area contributed by atoms with Crippen molar-refractivity contribution in [3.63, 3.8) is 0 Å². The summed E-state index contributed by atoms with van der Waals surface area (Å²) in [6.07, 6.45) is 0.135. The number of nitriles is 1. The Balaban J connectivity index is 2.12. The van der Waals surface area contributed by atoms with E-state index in [1.807, 2.05) is 19.1 Å². The highest BCUT2D eigenvalue weighted by molar-refractivity contribution is 5.96. The molecule has 0 spiro atoms. The van der Waals surface area contributed by atoms with E-state index in [2.05, 4.69) is 36.2 Å². The highest BCUT2D eigenvalue weighted by atomic mass is 16.2. The van der Waals surface area contributed by atoms with Gasteiger partial charge in [-0.15, -0.1) is 0 Å². The molecule has 0 unspecified atom stereocenters. The number of amides is 2. The lowest BCUT2D eigenvalue weighted by Crippen LogP contribution is -2.32. The Morgan fingerprint density at radius 2 is 1.79 bits per heavy atom. The first-order valence-corrected chi connectivity index (χ1v) is 9.83. The number of carbonyl (C=O) groups is 2. The molecular formula is C23H28N4O2. The summed E-state index contributed by atoms with van der Waals surface area (Å²) in [7, 11) is 0. The van der Waals surface area contributed by atoms with E-state index in [4.69, 9.17) is 5.26 Å². The summed E-state index contributed by atoms with van der Waals surface area (Å²) >= 11 is 0. The molecule has 0 atom stereocenters. The minimum atomic E-state index is -0.239. The Morgan fingerprint density at radius 1 is 1.10 bits per heavy atom. The molecule has 2 rings (SSSR count). The van der Waals surface area contributed by atoms with Gasteiger partial charge in [0.1, 0.15) is 6.07 Å². The van der Waals surface area contributed by atoms with Crippen molar-refractivity contribution in [2.45, 2.75) is 34.1 Å². The number of aryl methyl sites for hydroxylation is 1. The smallest absolute Gasteiger partial charge is 0.226 e. The van der Waals surface area contributed by atoms with E-state index in [9.17, 15) is 9.59 Å². The molecule has 0 aromatic heterocycles. The Kier molecular flexibility index (Phi) is 7.79. The number of nitrogens with zero attached hydrogens (tertiary/aromatic N) is 3. The maximum Gasteiger partial charge on any atom is 0.226 e. The molecule has 6 nitrogen and oxygen atoms in total. The largest absolute Gasteiger partial charge is 0.372 e. The van der Waals surface area contributed by atoms with Gasteiger partial charge in [-0.3, -0.25) is 9.59 Å². The monoisotopic (exact) mass is 392 g/mol. The third-order valence-corrected chi connectivity index (χ3v) is 4.86. The fourth-order valence-electron chi connectivity index (χ4n) is 3.29. The van der Waals surface area contributed by atoms with E-state index < -0.39 is 0 Å². The van der Waals surface area contributed by atoms with Crippen LogP contribution < -0.4 is 15.1 Å². The molecule has 0 aliphatic heterocycles. The molecule has 152 valence electrons. The van der Waals surface area contributed by atoms with Gasteiger partial charge < -0.3 is 15.1 Å². The lowest BCUT2D eigenvalue weighted by atomic mass is 10.1. The van der Waals surface area contributed by atoms with E-state index in [0.29, 0.717) is 11.3 Å². The quantitative estimate of drug-likeness (QED) is 0.734. The number of hydrogen-bond donors (Lipinski definition) is 1. The van der Waals surface area contributed by atoms with E-state index in [1.54, 1.807) is 29.2 Å². The molecular weight excluding hydrogens is 364 g/mol. The fourth-order valence-corrected chi connectivity index (χ4v) is 3.29. The van der Waals surface area contributed by atoms with E-state index in [-0.39, 0.29) is 24.8 Å². The molecule has 2 aromatic carbocycles. The highest BCUT2D eigenvalue weighted by Gasteiger charge is 2.17. The van der Waals surface area contributed by atoms with Crippen molar-refractivity contribution >= 4 is 28.9 Å². The van der Waals surface area contributed by atoms with Gasteiger partial charge in [-0.05, 0) is 56.7 Å². The van der Waals surface area contributed by atoms with Crippen LogP contribution >= 0.6 is 0 Å². The van der Waals surface area contributed by atoms with Gasteiger partial charge in [-0.25, -0.2) is 0 Å². The lowest BCUT2D eigenvalue weighted by molar-refractivity contribution is -0.117. The average molecular weight is 393 g/mol. The number of carbonyl (C=O) groups excluding carboxylic acids is 2. The molecule has 0 aliphatic rings. The predicted molar refractivity (Wildman–Crippen MR) is 117 cm³/mol. The zero-order valence-electron chi connectivity index (χ0n) is 17.5. The van der Waals surface area contributed by atoms with Crippen LogP contribution in [-0.4, -0.2) is 31.4 Å². The molecule has 29 heavy (non-hydrogen) atoms. The van der Waals surface area contributed by atoms with Gasteiger partial charge >= 0.3 is 0 Å². The number of benzene rings is 2. The minimum Gasteiger partial charge on any atom is -0.372 e. The summed E-state index contributed by atoms with van der Waals surface area (Å²) in [6.45, 7) is 9.78. The van der Waals surface area contributed by atoms with Crippen molar-refractivity contribution in [3.05, 3.63) is 53.6 Å². The van der Waals surface area contributed by atoms with E-state index >= 15 is 0 Å². The van der Waals surface area contributed by atoms with Crippen LogP contribution in [-0.2, 0) is 9.59 Å². The molecule has 1 N–H and O–H groups in total. The number of anilines is 3. The Labute approximate surface area is 172 Å². The fraction of sp³-hybridized carbons (Fsp3) is 0.348. The summed E-state index contributed by atoms with van der Waals surface area (Å²) in [6, 6.07) is 14.9. The third-order valence-electron chi connectivity index (χ3n) is 4.86. The summed E-state index contributed by atoms with van der Waals surface area (Å²) < 4.78 is 0. The average Bonchev–Trinajstić information content (AvgIpc) is 2.70. The van der Waals surface area contributed by atoms with Crippen LogP contribution in [0.5, 0.6) is 0 Å². The molecule has 0 radical (unpaired) electrons. The SMILES string of the molecule is CCN(CC)c1ccc(N(CCC(=O)Nc2ccccc2C#N)C(C)=O)c(C)c1. The van der Waals surface area contributed by atoms with Crippen molar-refractivity contribution in [2.75, 3.05) is 34.8 Å². The minimum absolute atomic E-state index is 0.117. The zero-order chi connectivity index (χ0) is 21.4. The summed E-state index contributed by atoms with van der Waals surface area (Å²) in [5.74, 6) is -0.356. The number of para-hydroxylation sites is 1. The zero-order valence-corrected chi connectivity index (χ0v) is 17.5. The first-order chi connectivity index (χ1) is 13.9. The van der Waals surface area contributed by atoms with Crippen LogP contribution in [0.15, 0.2) is 42.5 Å². The summed E-state index contributed by atoms with van der Waals surface area (Å²) in [5, 5.41) is 11.9. The standard InChI is InChI=1S/C23H28N4O2/c1-5-26(6-2)20-11-12-22(17(3)15-20)27(18(4)28)14-13-23(29)25-21-10-8-7-9-19(21)16-24/h7-12,15H,5-6,13-14H2,1-4H3,(H,25,29). The van der Waals surface area contributed by atoms with Crippen LogP contribution in [0.1, 0.15) is 38.3 Å². The summed E-state index contributed by atoms with van der Waals surface area (Å²) in [5.41, 5.74) is 3.80. The van der Waals surface area contributed by atoms with Crippen LogP contribution in [0.3, 0.4) is 0 Å². The number of rotatable bonds is 8. The van der Waals surface area contributed by atoms with Gasteiger partial charge in [-0.2, -0.15) is 5.26 Å². The van der Waals surface area contributed by atoms with Crippen molar-refractivity contribution in [2.24, 2.45) is 0 Å². The molecule has 6 heteroatoms. The first-order valence-electron chi connectivity index (χ1n) is 9.83. The second kappa shape index (κ2) is 10.3. The van der Waals surface area contributed by atoms with E-state index in [0.717, 1.165) is 30.0 Å². The van der Waals surface area contributed by atoms with Crippen molar-refractivity contribution in [3.8, 4) is 6.07 Å². The Hall–Kier alpha value is -3.33. The van der Waals surface area contributed by atoms with Gasteiger partial charge in [-0.1, -0.05) is 12.1 Å². The second-order valence-corrected chi connectivity index (χ2v) is 6.77. The van der Waals surface area contributed by atoms with Gasteiger partial charge in [0.05, 0.1) is 11.3 Å². The number of nitrogens with one attached hydrogen (secondary N) is 1. The number of hydrogen-bond acceptors (Lipinski definition) is 4. The van der Waals surface area contributed by atoms with Crippen LogP contribution in [0.4, 0.5) is 17.1 Å². The van der Waals surface area contributed by atoms with Crippen LogP contribution in [0, 0.1) is 18.3 Å². The maximum absolute atomic E-state index is 12.4. The van der Waals surface area contributed by atoms with E-state index in [1.165, 1.54) is 6.92 Å². The van der Waals surface area contributed by atoms with Gasteiger partial charge in [0.2, 0.25) is 11.8 Å². The first kappa shape index (κ1) is 22.0. The highest BCUT2D eigenvalue weighted by Crippen LogP contribution is 2.26. The molecule has 0 bridgehead atoms. The molecule has 2 amide bonds. The lowest BCUT2D eigenvalue weighted by Gasteiger charge is -2.26. The molecule has 2 aromatic rings. The van der Waals surface area contributed by atoms with Crippen molar-refractivity contribution in [1.29, 1.82) is 5.26 Å². The van der Waals surface area contributed by atoms with Gasteiger partial charge in [0, 0.05) is 44.4 Å². The summed E-state index contributed by atoms with van der Waals surface area (Å²) in [4.78, 5) is 28.5. The normalized spacial score (nSPS) is 10.2. The van der Waals surface area contributed by atoms with Crippen LogP contribution in [0.2, 0.25) is 0 Å². The van der Waals surface area contributed by atoms with Crippen LogP contribution in [0.25, 0.3) is 0 Å². The molecule has 0 heterocycles. The molecule has 0 saturated carbocycles. The van der Waals surface area contributed by atoms with Crippen molar-refractivity contribution in [1.82, 2.24) is 0 Å². The van der Waals surface area contributed by atoms with Gasteiger partial charge in [0.15, 0.2) is 0 Å².